The monoisotopic (exact) mass is 1490 g/mol. The van der Waals surface area contributed by atoms with E-state index in [4.69, 9.17) is 28.4 Å². The summed E-state index contributed by atoms with van der Waals surface area (Å²) in [6.45, 7) is 1.72. The van der Waals surface area contributed by atoms with E-state index in [0.717, 1.165) is 96.3 Å². The van der Waals surface area contributed by atoms with Gasteiger partial charge in [-0.25, -0.2) is 0 Å². The topological polar surface area (TPSA) is 307 Å². The molecule has 0 aliphatic carbocycles. The van der Waals surface area contributed by atoms with Gasteiger partial charge in [0.05, 0.1) is 38.6 Å². The molecule has 3 saturated heterocycles. The van der Waals surface area contributed by atoms with Gasteiger partial charge >= 0.3 is 0 Å². The fourth-order valence-electron chi connectivity index (χ4n) is 14.3. The minimum atomic E-state index is -1.98. The molecule has 17 atom stereocenters. The van der Waals surface area contributed by atoms with Gasteiger partial charge in [0.15, 0.2) is 18.9 Å². The van der Waals surface area contributed by atoms with E-state index in [1.165, 1.54) is 205 Å². The van der Waals surface area contributed by atoms with Gasteiger partial charge in [-0.05, 0) is 64.2 Å². The van der Waals surface area contributed by atoms with Crippen LogP contribution >= 0.6 is 0 Å². The number of aliphatic hydroxyl groups excluding tert-OH is 11. The zero-order valence-corrected chi connectivity index (χ0v) is 65.7. The fraction of sp³-hybridized carbons (Fsp3) is 0.849. The number of hydrogen-bond donors (Lipinski definition) is 12. The Bertz CT molecular complexity index is 2180. The molecule has 3 aliphatic heterocycles. The molecule has 0 aromatic carbocycles. The van der Waals surface area contributed by atoms with Gasteiger partial charge in [-0.2, -0.15) is 0 Å². The zero-order chi connectivity index (χ0) is 76.0. The van der Waals surface area contributed by atoms with Crippen molar-refractivity contribution in [3.63, 3.8) is 0 Å². The summed E-state index contributed by atoms with van der Waals surface area (Å²) in [6.07, 6.45) is 59.9. The predicted molar refractivity (Wildman–Crippen MR) is 420 cm³/mol. The Balaban J connectivity index is 1.35. The number of amides is 1. The minimum Gasteiger partial charge on any atom is -0.394 e. The molecule has 0 bridgehead atoms. The van der Waals surface area contributed by atoms with Crippen LogP contribution in [0.2, 0.25) is 0 Å². The number of carbonyl (C=O) groups excluding carboxylic acids is 1. The van der Waals surface area contributed by atoms with Crippen molar-refractivity contribution in [3.05, 3.63) is 72.9 Å². The summed E-state index contributed by atoms with van der Waals surface area (Å²) in [5.41, 5.74) is 0. The summed E-state index contributed by atoms with van der Waals surface area (Å²) < 4.78 is 34.6. The Labute approximate surface area is 636 Å². The smallest absolute Gasteiger partial charge is 0.220 e. The molecule has 12 N–H and O–H groups in total. The molecule has 19 heteroatoms. The Morgan fingerprint density at radius 1 is 0.352 bits per heavy atom. The second kappa shape index (κ2) is 65.9. The van der Waals surface area contributed by atoms with Gasteiger partial charge in [0.2, 0.25) is 5.91 Å². The number of allylic oxidation sites excluding steroid dienone is 12. The third-order valence-corrected chi connectivity index (χ3v) is 21.0. The van der Waals surface area contributed by atoms with Crippen molar-refractivity contribution in [2.75, 3.05) is 26.4 Å². The van der Waals surface area contributed by atoms with Crippen LogP contribution in [0.25, 0.3) is 0 Å². The third kappa shape index (κ3) is 45.4. The lowest BCUT2D eigenvalue weighted by Crippen LogP contribution is -2.66. The predicted octanol–water partition coefficient (Wildman–Crippen LogP) is 15.2. The lowest BCUT2D eigenvalue weighted by Gasteiger charge is -2.48. The summed E-state index contributed by atoms with van der Waals surface area (Å²) in [4.78, 5) is 13.5. The quantitative estimate of drug-likeness (QED) is 0.0199. The van der Waals surface area contributed by atoms with Crippen LogP contribution < -0.4 is 5.32 Å². The first-order chi connectivity index (χ1) is 51.3. The molecule has 3 rings (SSSR count). The van der Waals surface area contributed by atoms with Crippen LogP contribution in [-0.4, -0.2) is 193 Å². The third-order valence-electron chi connectivity index (χ3n) is 21.0. The van der Waals surface area contributed by atoms with Crippen molar-refractivity contribution in [2.45, 2.75) is 439 Å². The first-order valence-electron chi connectivity index (χ1n) is 42.7. The molecule has 3 heterocycles. The normalized spacial score (nSPS) is 26.1. The van der Waals surface area contributed by atoms with Crippen LogP contribution in [0.4, 0.5) is 0 Å². The van der Waals surface area contributed by atoms with Gasteiger partial charge in [-0.1, -0.05) is 337 Å². The molecule has 1 amide bonds. The summed E-state index contributed by atoms with van der Waals surface area (Å²) >= 11 is 0. The van der Waals surface area contributed by atoms with Gasteiger partial charge in [0.1, 0.15) is 73.2 Å². The molecule has 105 heavy (non-hydrogen) atoms. The molecule has 0 aromatic heterocycles. The van der Waals surface area contributed by atoms with E-state index >= 15 is 0 Å². The number of aliphatic hydroxyl groups is 11. The summed E-state index contributed by atoms with van der Waals surface area (Å²) in [7, 11) is 0. The highest BCUT2D eigenvalue weighted by Crippen LogP contribution is 2.33. The highest BCUT2D eigenvalue weighted by atomic mass is 16.8. The van der Waals surface area contributed by atoms with E-state index in [1.54, 1.807) is 0 Å². The molecule has 3 fully saturated rings. The molecule has 0 saturated carbocycles. The number of unbranched alkanes of at least 4 members (excludes halogenated alkanes) is 40. The lowest BCUT2D eigenvalue weighted by molar-refractivity contribution is -0.379. The van der Waals surface area contributed by atoms with Crippen molar-refractivity contribution >= 4 is 5.91 Å². The van der Waals surface area contributed by atoms with Gasteiger partial charge in [0, 0.05) is 6.42 Å². The highest BCUT2D eigenvalue weighted by molar-refractivity contribution is 5.76. The molecule has 0 radical (unpaired) electrons. The molecule has 0 spiro atoms. The van der Waals surface area contributed by atoms with Crippen LogP contribution in [0, 0.1) is 0 Å². The summed E-state index contributed by atoms with van der Waals surface area (Å²) in [6, 6.07) is -0.899. The standard InChI is InChI=1S/C86H155NO18/c1-3-5-7-9-11-13-15-17-19-21-23-25-27-29-31-32-33-34-35-36-38-39-41-43-45-47-49-51-53-55-57-59-61-63-70(91)69(87-74(92)64-62-60-58-56-54-52-50-48-46-44-42-40-37-30-28-26-24-22-20-18-16-14-12-10-8-6-4-2)68-100-84-80(98)77(95)82(72(66-89)102-84)105-86-81(99)78(96)83(73(67-90)103-86)104-85-79(97)76(94)75(93)71(65-88)101-85/h6,8,12,14,18,20,24,26,30,37,42,44,69-73,75-86,88-91,93-99H,3-5,7,9-11,13,15-17,19,21-23,25,27-29,31-36,38-41,43,45-68H2,1-2H3,(H,87,92)/b8-6-,14-12-,20-18-,26-24-,37-30-,44-42-. The average Bonchev–Trinajstić information content (AvgIpc) is 0.781. The van der Waals surface area contributed by atoms with Gasteiger partial charge in [-0.15, -0.1) is 0 Å². The Morgan fingerprint density at radius 3 is 1.03 bits per heavy atom. The molecular formula is C86H155NO18. The van der Waals surface area contributed by atoms with E-state index in [0.29, 0.717) is 12.8 Å². The van der Waals surface area contributed by atoms with E-state index in [-0.39, 0.29) is 18.9 Å². The molecule has 19 nitrogen and oxygen atoms in total. The maximum atomic E-state index is 13.5. The first-order valence-corrected chi connectivity index (χ1v) is 42.7. The van der Waals surface area contributed by atoms with Gasteiger partial charge < -0.3 is 89.9 Å². The maximum Gasteiger partial charge on any atom is 0.220 e. The minimum absolute atomic E-state index is 0.250. The fourth-order valence-corrected chi connectivity index (χ4v) is 14.3. The van der Waals surface area contributed by atoms with Crippen LogP contribution in [0.1, 0.15) is 335 Å². The van der Waals surface area contributed by atoms with E-state index in [9.17, 15) is 61.0 Å². The number of ether oxygens (including phenoxy) is 6. The largest absolute Gasteiger partial charge is 0.394 e. The SMILES string of the molecule is CC/C=C\C/C=C\C/C=C\C/C=C\C/C=C\C/C=C\CCCCCCCCCCC(=O)NC(COC1OC(CO)C(OC2OC(CO)C(OC3OC(CO)C(O)C(O)C3O)C(O)C2O)C(O)C1O)C(O)CCCCCCCCCCCCCCCCCCCCCCCCCCCCCCCCCCC. The van der Waals surface area contributed by atoms with Crippen molar-refractivity contribution in [1.82, 2.24) is 5.32 Å². The molecule has 0 aromatic rings. The highest BCUT2D eigenvalue weighted by Gasteiger charge is 2.54. The number of hydrogen-bond acceptors (Lipinski definition) is 18. The zero-order valence-electron chi connectivity index (χ0n) is 65.7. The van der Waals surface area contributed by atoms with E-state index in [2.05, 4.69) is 92.1 Å². The summed E-state index contributed by atoms with van der Waals surface area (Å²) in [5, 5.41) is 121. The average molecular weight is 1490 g/mol. The molecule has 612 valence electrons. The Kier molecular flexibility index (Phi) is 60.5. The second-order valence-electron chi connectivity index (χ2n) is 30.3. The van der Waals surface area contributed by atoms with Crippen molar-refractivity contribution in [2.24, 2.45) is 0 Å². The Hall–Kier alpha value is -2.77. The van der Waals surface area contributed by atoms with E-state index < -0.39 is 124 Å². The van der Waals surface area contributed by atoms with Crippen molar-refractivity contribution < 1.29 is 89.4 Å². The second-order valence-corrected chi connectivity index (χ2v) is 30.3. The van der Waals surface area contributed by atoms with Crippen LogP contribution in [0.3, 0.4) is 0 Å². The molecule has 3 aliphatic rings. The van der Waals surface area contributed by atoms with Crippen LogP contribution in [0.15, 0.2) is 72.9 Å². The maximum absolute atomic E-state index is 13.5. The molecular weight excluding hydrogens is 1330 g/mol. The summed E-state index contributed by atoms with van der Waals surface area (Å²) in [5.74, 6) is -0.250. The number of nitrogens with one attached hydrogen (secondary N) is 1. The van der Waals surface area contributed by atoms with E-state index in [1.807, 2.05) is 0 Å². The number of carbonyl (C=O) groups is 1. The first kappa shape index (κ1) is 96.4. The van der Waals surface area contributed by atoms with Gasteiger partial charge in [-0.3, -0.25) is 4.79 Å². The van der Waals surface area contributed by atoms with Crippen molar-refractivity contribution in [1.29, 1.82) is 0 Å². The Morgan fingerprint density at radius 2 is 0.657 bits per heavy atom. The van der Waals surface area contributed by atoms with Crippen molar-refractivity contribution in [3.8, 4) is 0 Å². The van der Waals surface area contributed by atoms with Gasteiger partial charge in [0.25, 0.3) is 0 Å². The van der Waals surface area contributed by atoms with Crippen LogP contribution in [0.5, 0.6) is 0 Å². The number of rotatable bonds is 68. The molecule has 17 unspecified atom stereocenters. The lowest BCUT2D eigenvalue weighted by atomic mass is 9.96. The van der Waals surface area contributed by atoms with Crippen LogP contribution in [-0.2, 0) is 33.2 Å².